The number of cyclic esters (lactones) is 1. The molecule has 24 heavy (non-hydrogen) atoms. The number of ether oxygens (including phenoxy) is 1. The van der Waals surface area contributed by atoms with Gasteiger partial charge in [0.05, 0.1) is 12.6 Å². The van der Waals surface area contributed by atoms with E-state index in [0.29, 0.717) is 13.2 Å². The zero-order valence-corrected chi connectivity index (χ0v) is 15.1. The molecule has 5 nitrogen and oxygen atoms in total. The quantitative estimate of drug-likeness (QED) is 0.857. The van der Waals surface area contributed by atoms with Crippen molar-refractivity contribution < 1.29 is 9.53 Å². The molecule has 0 saturated carbocycles. The second kappa shape index (κ2) is 7.32. The first-order chi connectivity index (χ1) is 11.6. The average Bonchev–Trinajstić information content (AvgIpc) is 3.23. The molecule has 1 saturated heterocycles. The van der Waals surface area contributed by atoms with Crippen molar-refractivity contribution in [2.75, 3.05) is 18.1 Å². The first kappa shape index (κ1) is 16.9. The molecule has 0 aliphatic carbocycles. The van der Waals surface area contributed by atoms with Crippen LogP contribution in [0.5, 0.6) is 0 Å². The third-order valence-electron chi connectivity index (χ3n) is 4.26. The fraction of sp³-hybridized carbons (Fsp3) is 0.444. The van der Waals surface area contributed by atoms with E-state index >= 15 is 0 Å². The largest absolute Gasteiger partial charge is 0.447 e. The number of carbonyl (C=O) groups is 1. The van der Waals surface area contributed by atoms with Crippen molar-refractivity contribution in [2.45, 2.75) is 39.3 Å². The number of anilines is 1. The van der Waals surface area contributed by atoms with Crippen LogP contribution in [0.3, 0.4) is 0 Å². The summed E-state index contributed by atoms with van der Waals surface area (Å²) in [4.78, 5) is 19.1. The molecule has 0 bridgehead atoms. The van der Waals surface area contributed by atoms with Crippen LogP contribution in [-0.4, -0.2) is 24.2 Å². The topological polar surface area (TPSA) is 54.5 Å². The Bertz CT molecular complexity index is 699. The third kappa shape index (κ3) is 3.60. The van der Waals surface area contributed by atoms with Gasteiger partial charge < -0.3 is 10.1 Å². The second-order valence-electron chi connectivity index (χ2n) is 5.99. The molecule has 6 heteroatoms. The predicted octanol–water partition coefficient (Wildman–Crippen LogP) is 4.07. The molecule has 1 fully saturated rings. The summed E-state index contributed by atoms with van der Waals surface area (Å²) >= 11 is 1.77. The number of amides is 1. The van der Waals surface area contributed by atoms with Crippen molar-refractivity contribution in [3.63, 3.8) is 0 Å². The van der Waals surface area contributed by atoms with Gasteiger partial charge in [-0.1, -0.05) is 19.1 Å². The molecule has 2 atom stereocenters. The van der Waals surface area contributed by atoms with Gasteiger partial charge in [0.1, 0.15) is 11.6 Å². The fourth-order valence-electron chi connectivity index (χ4n) is 2.80. The minimum absolute atomic E-state index is 0.202. The molecule has 0 spiro atoms. The molecule has 2 heterocycles. The van der Waals surface area contributed by atoms with Crippen LogP contribution in [0.1, 0.15) is 48.3 Å². The number of nitrogens with zero attached hydrogens (tertiary/aromatic N) is 2. The van der Waals surface area contributed by atoms with Crippen LogP contribution in [0.25, 0.3) is 0 Å². The third-order valence-corrected chi connectivity index (χ3v) is 5.58. The van der Waals surface area contributed by atoms with E-state index in [4.69, 9.17) is 4.74 Å². The number of aryl methyl sites for hydroxylation is 1. The van der Waals surface area contributed by atoms with Crippen molar-refractivity contribution in [1.82, 2.24) is 10.3 Å². The van der Waals surface area contributed by atoms with Gasteiger partial charge in [-0.25, -0.2) is 9.78 Å². The highest BCUT2D eigenvalue weighted by Gasteiger charge is 2.23. The van der Waals surface area contributed by atoms with Gasteiger partial charge in [-0.2, -0.15) is 0 Å². The molecule has 1 N–H and O–H groups in total. The zero-order valence-electron chi connectivity index (χ0n) is 14.3. The molecule has 2 aromatic rings. The minimum atomic E-state index is -0.266. The lowest BCUT2D eigenvalue weighted by Gasteiger charge is -2.20. The van der Waals surface area contributed by atoms with Crippen LogP contribution in [0.2, 0.25) is 0 Å². The van der Waals surface area contributed by atoms with Gasteiger partial charge >= 0.3 is 6.09 Å². The molecule has 0 unspecified atom stereocenters. The summed E-state index contributed by atoms with van der Waals surface area (Å²) in [6, 6.07) is 8.48. The molecule has 0 radical (unpaired) electrons. The van der Waals surface area contributed by atoms with E-state index < -0.39 is 0 Å². The first-order valence-electron chi connectivity index (χ1n) is 8.33. The van der Waals surface area contributed by atoms with Crippen molar-refractivity contribution in [2.24, 2.45) is 0 Å². The van der Waals surface area contributed by atoms with Crippen LogP contribution in [0, 0.1) is 0 Å². The lowest BCUT2D eigenvalue weighted by Crippen LogP contribution is -2.24. The highest BCUT2D eigenvalue weighted by Crippen LogP contribution is 2.25. The monoisotopic (exact) mass is 345 g/mol. The number of hydrogen-bond acceptors (Lipinski definition) is 5. The SMILES string of the molecule is CCc1cnc([C@@H](C)N[C@@H](C)c2ccc(N3CCOC3=O)cc2)s1. The van der Waals surface area contributed by atoms with E-state index in [1.807, 2.05) is 18.3 Å². The molecule has 3 rings (SSSR count). The van der Waals surface area contributed by atoms with Crippen molar-refractivity contribution in [1.29, 1.82) is 0 Å². The number of nitrogens with one attached hydrogen (secondary N) is 1. The van der Waals surface area contributed by atoms with Gasteiger partial charge in [0, 0.05) is 22.8 Å². The Balaban J connectivity index is 1.64. The van der Waals surface area contributed by atoms with E-state index in [-0.39, 0.29) is 18.2 Å². The summed E-state index contributed by atoms with van der Waals surface area (Å²) in [5.41, 5.74) is 2.07. The molecule has 128 valence electrons. The Morgan fingerprint density at radius 2 is 2.04 bits per heavy atom. The zero-order chi connectivity index (χ0) is 17.1. The number of benzene rings is 1. The van der Waals surface area contributed by atoms with Crippen molar-refractivity contribution in [3.05, 3.63) is 45.9 Å². The Kier molecular flexibility index (Phi) is 5.16. The molecule has 1 amide bonds. The van der Waals surface area contributed by atoms with Crippen LogP contribution in [0.15, 0.2) is 30.5 Å². The summed E-state index contributed by atoms with van der Waals surface area (Å²) in [6.07, 6.45) is 2.73. The Hall–Kier alpha value is -1.92. The molecular formula is C18H23N3O2S. The molecule has 1 aromatic carbocycles. The van der Waals surface area contributed by atoms with E-state index in [1.165, 1.54) is 10.4 Å². The average molecular weight is 345 g/mol. The number of rotatable bonds is 6. The lowest BCUT2D eigenvalue weighted by molar-refractivity contribution is 0.181. The van der Waals surface area contributed by atoms with Crippen LogP contribution < -0.4 is 10.2 Å². The van der Waals surface area contributed by atoms with Crippen molar-refractivity contribution in [3.8, 4) is 0 Å². The van der Waals surface area contributed by atoms with Gasteiger partial charge in [-0.05, 0) is 38.0 Å². The van der Waals surface area contributed by atoms with Crippen molar-refractivity contribution >= 4 is 23.1 Å². The highest BCUT2D eigenvalue weighted by atomic mass is 32.1. The van der Waals surface area contributed by atoms with E-state index in [2.05, 4.69) is 43.2 Å². The van der Waals surface area contributed by atoms with E-state index in [0.717, 1.165) is 17.1 Å². The van der Waals surface area contributed by atoms with Gasteiger partial charge in [0.15, 0.2) is 0 Å². The molecule has 1 aromatic heterocycles. The van der Waals surface area contributed by atoms with Crippen LogP contribution in [-0.2, 0) is 11.2 Å². The molecule has 1 aliphatic rings. The van der Waals surface area contributed by atoms with Crippen LogP contribution in [0.4, 0.5) is 10.5 Å². The summed E-state index contributed by atoms with van der Waals surface area (Å²) < 4.78 is 4.98. The highest BCUT2D eigenvalue weighted by molar-refractivity contribution is 7.11. The summed E-state index contributed by atoms with van der Waals surface area (Å²) in [5.74, 6) is 0. The predicted molar refractivity (Wildman–Crippen MR) is 96.6 cm³/mol. The Morgan fingerprint density at radius 1 is 1.29 bits per heavy atom. The van der Waals surface area contributed by atoms with Gasteiger partial charge in [-0.15, -0.1) is 11.3 Å². The lowest BCUT2D eigenvalue weighted by atomic mass is 10.1. The Morgan fingerprint density at radius 3 is 2.62 bits per heavy atom. The molecular weight excluding hydrogens is 322 g/mol. The van der Waals surface area contributed by atoms with E-state index in [9.17, 15) is 4.79 Å². The van der Waals surface area contributed by atoms with Gasteiger partial charge in [0.25, 0.3) is 0 Å². The first-order valence-corrected chi connectivity index (χ1v) is 9.15. The fourth-order valence-corrected chi connectivity index (χ4v) is 3.67. The number of aromatic nitrogens is 1. The summed E-state index contributed by atoms with van der Waals surface area (Å²) in [5, 5.41) is 4.71. The molecule has 1 aliphatic heterocycles. The maximum absolute atomic E-state index is 11.6. The Labute approximate surface area is 146 Å². The smallest absolute Gasteiger partial charge is 0.414 e. The normalized spacial score (nSPS) is 17.0. The number of thiazole rings is 1. The second-order valence-corrected chi connectivity index (χ2v) is 7.13. The van der Waals surface area contributed by atoms with Gasteiger partial charge in [-0.3, -0.25) is 4.90 Å². The van der Waals surface area contributed by atoms with Crippen LogP contribution >= 0.6 is 11.3 Å². The van der Waals surface area contributed by atoms with E-state index in [1.54, 1.807) is 16.2 Å². The maximum Gasteiger partial charge on any atom is 0.414 e. The standard InChI is InChI=1S/C18H23N3O2S/c1-4-16-11-19-17(24-16)13(3)20-12(2)14-5-7-15(8-6-14)21-9-10-23-18(21)22/h5-8,11-13,20H,4,9-10H2,1-3H3/t12-,13+/m0/s1. The summed E-state index contributed by atoms with van der Waals surface area (Å²) in [6.45, 7) is 7.51. The number of hydrogen-bond donors (Lipinski definition) is 1. The summed E-state index contributed by atoms with van der Waals surface area (Å²) in [7, 11) is 0. The van der Waals surface area contributed by atoms with Gasteiger partial charge in [0.2, 0.25) is 0 Å². The minimum Gasteiger partial charge on any atom is -0.447 e. The number of carbonyl (C=O) groups excluding carboxylic acids is 1. The maximum atomic E-state index is 11.6.